The van der Waals surface area contributed by atoms with Crippen molar-refractivity contribution in [2.45, 2.75) is 143 Å². The maximum absolute atomic E-state index is 13.2. The summed E-state index contributed by atoms with van der Waals surface area (Å²) in [4.78, 5) is 25.4. The van der Waals surface area contributed by atoms with Crippen molar-refractivity contribution in [2.24, 2.45) is 35.0 Å². The van der Waals surface area contributed by atoms with Crippen LogP contribution in [0.1, 0.15) is 106 Å². The Labute approximate surface area is 238 Å². The van der Waals surface area contributed by atoms with E-state index in [0.717, 1.165) is 58.0 Å². The molecular weight excluding hydrogens is 516 g/mol. The van der Waals surface area contributed by atoms with Crippen LogP contribution in [-0.4, -0.2) is 44.4 Å². The molecule has 2 saturated carbocycles. The summed E-state index contributed by atoms with van der Waals surface area (Å²) in [6.07, 6.45) is 8.60. The maximum Gasteiger partial charge on any atom is 0.311 e. The third-order valence-electron chi connectivity index (χ3n) is 10.7. The number of ether oxygens (including phenoxy) is 2. The number of fused-ring (bicyclic) bond motifs is 1. The topological polar surface area (TPSA) is 61.8 Å². The van der Waals surface area contributed by atoms with E-state index in [1.807, 2.05) is 20.8 Å². The molecule has 0 radical (unpaired) electrons. The second-order valence-electron chi connectivity index (χ2n) is 14.8. The van der Waals surface area contributed by atoms with E-state index in [0.29, 0.717) is 24.2 Å². The van der Waals surface area contributed by atoms with Crippen molar-refractivity contribution in [3.63, 3.8) is 0 Å². The van der Waals surface area contributed by atoms with Crippen LogP contribution in [0.15, 0.2) is 0 Å². The van der Waals surface area contributed by atoms with Gasteiger partial charge in [-0.25, -0.2) is 0 Å². The van der Waals surface area contributed by atoms with Crippen molar-refractivity contribution in [1.82, 2.24) is 0 Å². The Bertz CT molecular complexity index is 822. The molecule has 5 nitrogen and oxygen atoms in total. The number of hydrogen-bond acceptors (Lipinski definition) is 5. The fourth-order valence-corrected chi connectivity index (χ4v) is 8.30. The van der Waals surface area contributed by atoms with E-state index in [1.54, 1.807) is 0 Å². The lowest BCUT2D eigenvalue weighted by molar-refractivity contribution is -0.174. The number of halogens is 1. The first-order chi connectivity index (χ1) is 17.6. The Kier molecular flexibility index (Phi) is 10.6. The SMILES string of the molecule is CCC(C)(C)C(=O)O[C@H]1C[C@@H](C(=O)Cl)C[C@@H]2CC[C@H](C)[C@H](CC[C@@H]3C[C@H](O[Si](C)(C)C(C)(C)C)CCO3)[C@H]21. The van der Waals surface area contributed by atoms with Crippen molar-refractivity contribution in [3.05, 3.63) is 0 Å². The molecule has 0 unspecified atom stereocenters. The molecular formula is C31H55ClO5Si. The minimum atomic E-state index is -1.81. The highest BCUT2D eigenvalue weighted by molar-refractivity contribution is 6.74. The Morgan fingerprint density at radius 3 is 2.29 bits per heavy atom. The van der Waals surface area contributed by atoms with Crippen LogP contribution in [0.3, 0.4) is 0 Å². The lowest BCUT2D eigenvalue weighted by atomic mass is 9.58. The Hall–Kier alpha value is -0.433. The Balaban J connectivity index is 1.71. The van der Waals surface area contributed by atoms with Gasteiger partial charge in [0, 0.05) is 24.5 Å². The first-order valence-electron chi connectivity index (χ1n) is 15.3. The van der Waals surface area contributed by atoms with E-state index < -0.39 is 13.7 Å². The first kappa shape index (κ1) is 32.1. The highest BCUT2D eigenvalue weighted by atomic mass is 35.5. The minimum Gasteiger partial charge on any atom is -0.462 e. The molecule has 1 saturated heterocycles. The molecule has 0 spiro atoms. The van der Waals surface area contributed by atoms with Crippen LogP contribution < -0.4 is 0 Å². The average Bonchev–Trinajstić information content (AvgIpc) is 2.82. The van der Waals surface area contributed by atoms with Gasteiger partial charge in [0.05, 0.1) is 11.5 Å². The third-order valence-corrected chi connectivity index (χ3v) is 15.6. The monoisotopic (exact) mass is 570 g/mol. The summed E-state index contributed by atoms with van der Waals surface area (Å²) in [5.74, 6) is 1.30. The van der Waals surface area contributed by atoms with Crippen molar-refractivity contribution in [1.29, 1.82) is 0 Å². The lowest BCUT2D eigenvalue weighted by Crippen LogP contribution is -2.49. The van der Waals surface area contributed by atoms with E-state index in [4.69, 9.17) is 25.5 Å². The van der Waals surface area contributed by atoms with Crippen LogP contribution in [0.5, 0.6) is 0 Å². The quantitative estimate of drug-likeness (QED) is 0.159. The van der Waals surface area contributed by atoms with Gasteiger partial charge in [0.15, 0.2) is 8.32 Å². The van der Waals surface area contributed by atoms with Crippen LogP contribution in [0.25, 0.3) is 0 Å². The number of carbonyl (C=O) groups is 2. The second-order valence-corrected chi connectivity index (χ2v) is 19.9. The lowest BCUT2D eigenvalue weighted by Gasteiger charge is -2.50. The molecule has 0 bridgehead atoms. The number of carbonyl (C=O) groups excluding carboxylic acids is 2. The molecule has 38 heavy (non-hydrogen) atoms. The standard InChI is InChI=1S/C31H55ClO5Si/c1-10-31(6,7)29(34)36-26-18-22(28(32)33)17-21-12-11-20(2)25(27(21)26)14-13-23-19-24(15-16-35-23)37-38(8,9)30(3,4)5/h20-27H,10-19H2,1-9H3/t20-,21-,22-,23+,24+,25-,26-,27-/m0/s1. The summed E-state index contributed by atoms with van der Waals surface area (Å²) in [6, 6.07) is 0. The molecule has 0 aromatic rings. The normalized spacial score (nSPS) is 34.9. The summed E-state index contributed by atoms with van der Waals surface area (Å²) in [5, 5.41) is -0.0761. The summed E-state index contributed by atoms with van der Waals surface area (Å²) in [7, 11) is -1.81. The molecule has 0 N–H and O–H groups in total. The van der Waals surface area contributed by atoms with Crippen LogP contribution in [0.2, 0.25) is 18.1 Å². The molecule has 1 heterocycles. The van der Waals surface area contributed by atoms with Crippen molar-refractivity contribution < 1.29 is 23.5 Å². The van der Waals surface area contributed by atoms with Crippen LogP contribution in [0, 0.1) is 35.0 Å². The smallest absolute Gasteiger partial charge is 0.311 e. The molecule has 0 aromatic carbocycles. The van der Waals surface area contributed by atoms with Crippen LogP contribution in [0.4, 0.5) is 0 Å². The van der Waals surface area contributed by atoms with Crippen molar-refractivity contribution in [3.8, 4) is 0 Å². The van der Waals surface area contributed by atoms with E-state index in [1.165, 1.54) is 0 Å². The Morgan fingerprint density at radius 2 is 1.68 bits per heavy atom. The Morgan fingerprint density at radius 1 is 1.00 bits per heavy atom. The van der Waals surface area contributed by atoms with E-state index in [2.05, 4.69) is 40.8 Å². The molecule has 3 fully saturated rings. The summed E-state index contributed by atoms with van der Waals surface area (Å²) >= 11 is 6.02. The number of rotatable bonds is 9. The average molecular weight is 571 g/mol. The predicted molar refractivity (Wildman–Crippen MR) is 157 cm³/mol. The van der Waals surface area contributed by atoms with Gasteiger partial charge in [0.1, 0.15) is 6.10 Å². The summed E-state index contributed by atoms with van der Waals surface area (Å²) in [5.41, 5.74) is -0.529. The molecule has 7 heteroatoms. The van der Waals surface area contributed by atoms with Gasteiger partial charge in [-0.1, -0.05) is 41.0 Å². The fraction of sp³-hybridized carbons (Fsp3) is 0.935. The molecule has 8 atom stereocenters. The van der Waals surface area contributed by atoms with E-state index in [9.17, 15) is 9.59 Å². The molecule has 1 aliphatic heterocycles. The zero-order chi connectivity index (χ0) is 28.5. The fourth-order valence-electron chi connectivity index (χ4n) is 6.72. The molecule has 0 amide bonds. The van der Waals surface area contributed by atoms with E-state index >= 15 is 0 Å². The van der Waals surface area contributed by atoms with Gasteiger partial charge in [-0.05, 0) is 113 Å². The van der Waals surface area contributed by atoms with Gasteiger partial charge >= 0.3 is 5.97 Å². The molecule has 3 aliphatic rings. The molecule has 2 aliphatic carbocycles. The van der Waals surface area contributed by atoms with Gasteiger partial charge < -0.3 is 13.9 Å². The molecule has 220 valence electrons. The van der Waals surface area contributed by atoms with Crippen molar-refractivity contribution in [2.75, 3.05) is 6.61 Å². The van der Waals surface area contributed by atoms with Gasteiger partial charge in [0.2, 0.25) is 5.24 Å². The van der Waals surface area contributed by atoms with Gasteiger partial charge in [0.25, 0.3) is 0 Å². The summed E-state index contributed by atoms with van der Waals surface area (Å²) in [6.45, 7) is 20.6. The third kappa shape index (κ3) is 7.64. The second kappa shape index (κ2) is 12.6. The largest absolute Gasteiger partial charge is 0.462 e. The van der Waals surface area contributed by atoms with Gasteiger partial charge in [-0.15, -0.1) is 0 Å². The predicted octanol–water partition coefficient (Wildman–Crippen LogP) is 8.14. The van der Waals surface area contributed by atoms with Crippen LogP contribution in [-0.2, 0) is 23.5 Å². The highest BCUT2D eigenvalue weighted by Crippen LogP contribution is 2.51. The number of esters is 1. The van der Waals surface area contributed by atoms with Crippen molar-refractivity contribution >= 4 is 31.1 Å². The minimum absolute atomic E-state index is 0.148. The van der Waals surface area contributed by atoms with Crippen LogP contribution >= 0.6 is 11.6 Å². The molecule has 3 rings (SSSR count). The zero-order valence-corrected chi connectivity index (χ0v) is 27.4. The first-order valence-corrected chi connectivity index (χ1v) is 18.5. The highest BCUT2D eigenvalue weighted by Gasteiger charge is 2.49. The maximum atomic E-state index is 13.2. The number of hydrogen-bond donors (Lipinski definition) is 0. The summed E-state index contributed by atoms with van der Waals surface area (Å²) < 4.78 is 19.3. The van der Waals surface area contributed by atoms with E-state index in [-0.39, 0.29) is 46.4 Å². The van der Waals surface area contributed by atoms with Gasteiger partial charge in [-0.3, -0.25) is 9.59 Å². The van der Waals surface area contributed by atoms with Gasteiger partial charge in [-0.2, -0.15) is 0 Å². The zero-order valence-electron chi connectivity index (χ0n) is 25.6. The molecule has 0 aromatic heterocycles.